The first-order valence-corrected chi connectivity index (χ1v) is 12.2. The number of hydrogen-bond acceptors (Lipinski definition) is 7. The van der Waals surface area contributed by atoms with Crippen molar-refractivity contribution in [3.05, 3.63) is 59.7 Å². The zero-order valence-corrected chi connectivity index (χ0v) is 22.7. The Kier molecular flexibility index (Phi) is 10.8. The van der Waals surface area contributed by atoms with Gasteiger partial charge in [0.1, 0.15) is 24.3 Å². The maximum Gasteiger partial charge on any atom is 0.410 e. The van der Waals surface area contributed by atoms with Crippen molar-refractivity contribution in [1.82, 2.24) is 10.2 Å². The minimum Gasteiger partial charge on any atom is -0.493 e. The Morgan fingerprint density at radius 3 is 2.22 bits per heavy atom. The molecule has 0 aliphatic carbocycles. The third-order valence-corrected chi connectivity index (χ3v) is 5.55. The van der Waals surface area contributed by atoms with E-state index in [4.69, 9.17) is 18.9 Å². The van der Waals surface area contributed by atoms with E-state index in [1.54, 1.807) is 45.9 Å². The molecule has 1 N–H and O–H groups in total. The summed E-state index contributed by atoms with van der Waals surface area (Å²) in [6.45, 7) is 7.40. The van der Waals surface area contributed by atoms with E-state index in [9.17, 15) is 14.4 Å². The molecule has 0 saturated heterocycles. The Bertz CT molecular complexity index is 1050. The van der Waals surface area contributed by atoms with Crippen molar-refractivity contribution in [2.75, 3.05) is 21.3 Å². The van der Waals surface area contributed by atoms with Gasteiger partial charge in [0.2, 0.25) is 5.91 Å². The van der Waals surface area contributed by atoms with Gasteiger partial charge in [0.05, 0.1) is 14.2 Å². The van der Waals surface area contributed by atoms with Gasteiger partial charge in [-0.2, -0.15) is 0 Å². The summed E-state index contributed by atoms with van der Waals surface area (Å²) < 4.78 is 21.7. The minimum absolute atomic E-state index is 0.153. The average Bonchev–Trinajstić information content (AvgIpc) is 2.86. The second-order valence-corrected chi connectivity index (χ2v) is 9.56. The standard InChI is InChI=1S/C28H38N2O7/c1-8-22(30(5)27(33)37-28(2,3)4)25(31)29-21(26(32)35-7)16-20-14-15-23(24(17-20)34-6)36-18-19-12-10-9-11-13-19/h9-15,17,21-22H,8,16,18H2,1-7H3,(H,29,31)/t21-,22-/m0/s1. The van der Waals surface area contributed by atoms with Crippen LogP contribution in [0.5, 0.6) is 11.5 Å². The predicted molar refractivity (Wildman–Crippen MR) is 139 cm³/mol. The molecule has 9 heteroatoms. The molecule has 37 heavy (non-hydrogen) atoms. The lowest BCUT2D eigenvalue weighted by atomic mass is 10.0. The number of rotatable bonds is 11. The fraction of sp³-hybridized carbons (Fsp3) is 0.464. The van der Waals surface area contributed by atoms with Crippen LogP contribution in [0.25, 0.3) is 0 Å². The van der Waals surface area contributed by atoms with Crippen molar-refractivity contribution in [2.45, 2.75) is 64.8 Å². The van der Waals surface area contributed by atoms with Crippen LogP contribution in [0.15, 0.2) is 48.5 Å². The number of hydrogen-bond donors (Lipinski definition) is 1. The summed E-state index contributed by atoms with van der Waals surface area (Å²) in [5.74, 6) is -0.0363. The monoisotopic (exact) mass is 514 g/mol. The lowest BCUT2D eigenvalue weighted by Gasteiger charge is -2.30. The quantitative estimate of drug-likeness (QED) is 0.450. The molecule has 2 aromatic rings. The van der Waals surface area contributed by atoms with Crippen LogP contribution in [-0.4, -0.2) is 61.8 Å². The Morgan fingerprint density at radius 1 is 0.973 bits per heavy atom. The molecule has 0 aromatic heterocycles. The Morgan fingerprint density at radius 2 is 1.65 bits per heavy atom. The molecule has 9 nitrogen and oxygen atoms in total. The van der Waals surface area contributed by atoms with Crippen LogP contribution in [-0.2, 0) is 32.1 Å². The van der Waals surface area contributed by atoms with E-state index in [1.165, 1.54) is 26.2 Å². The van der Waals surface area contributed by atoms with Crippen molar-refractivity contribution in [3.63, 3.8) is 0 Å². The molecule has 0 unspecified atom stereocenters. The summed E-state index contributed by atoms with van der Waals surface area (Å²) in [6, 6.07) is 13.3. The first-order chi connectivity index (χ1) is 17.5. The lowest BCUT2D eigenvalue weighted by molar-refractivity contribution is -0.145. The van der Waals surface area contributed by atoms with E-state index in [0.29, 0.717) is 24.5 Å². The van der Waals surface area contributed by atoms with Gasteiger partial charge in [0.15, 0.2) is 11.5 Å². The average molecular weight is 515 g/mol. The van der Waals surface area contributed by atoms with Crippen molar-refractivity contribution in [2.24, 2.45) is 0 Å². The number of nitrogens with zero attached hydrogens (tertiary/aromatic N) is 1. The van der Waals surface area contributed by atoms with Gasteiger partial charge in [0.25, 0.3) is 0 Å². The van der Waals surface area contributed by atoms with Gasteiger partial charge < -0.3 is 24.3 Å². The largest absolute Gasteiger partial charge is 0.493 e. The highest BCUT2D eigenvalue weighted by Gasteiger charge is 2.32. The van der Waals surface area contributed by atoms with E-state index in [1.807, 2.05) is 30.3 Å². The molecular weight excluding hydrogens is 476 g/mol. The molecule has 202 valence electrons. The van der Waals surface area contributed by atoms with E-state index >= 15 is 0 Å². The Labute approximate surface area is 219 Å². The van der Waals surface area contributed by atoms with E-state index in [0.717, 1.165) is 11.1 Å². The van der Waals surface area contributed by atoms with E-state index in [-0.39, 0.29) is 6.42 Å². The van der Waals surface area contributed by atoms with Gasteiger partial charge in [-0.3, -0.25) is 9.69 Å². The number of ether oxygens (including phenoxy) is 4. The molecular formula is C28H38N2O7. The van der Waals surface area contributed by atoms with Crippen molar-refractivity contribution in [1.29, 1.82) is 0 Å². The summed E-state index contributed by atoms with van der Waals surface area (Å²) >= 11 is 0. The van der Waals surface area contributed by atoms with Crippen LogP contribution in [0.2, 0.25) is 0 Å². The van der Waals surface area contributed by atoms with Crippen LogP contribution in [0, 0.1) is 0 Å². The molecule has 2 rings (SSSR count). The molecule has 2 aromatic carbocycles. The van der Waals surface area contributed by atoms with Gasteiger partial charge in [-0.1, -0.05) is 43.3 Å². The molecule has 0 spiro atoms. The van der Waals surface area contributed by atoms with Crippen molar-refractivity contribution < 1.29 is 33.3 Å². The number of benzene rings is 2. The zero-order chi connectivity index (χ0) is 27.6. The number of esters is 1. The molecule has 0 saturated carbocycles. The van der Waals surface area contributed by atoms with Crippen LogP contribution >= 0.6 is 0 Å². The second kappa shape index (κ2) is 13.5. The number of carbonyl (C=O) groups is 3. The van der Waals surface area contributed by atoms with Crippen LogP contribution < -0.4 is 14.8 Å². The maximum absolute atomic E-state index is 13.1. The smallest absolute Gasteiger partial charge is 0.410 e. The summed E-state index contributed by atoms with van der Waals surface area (Å²) in [7, 11) is 4.28. The Balaban J connectivity index is 2.14. The molecule has 0 bridgehead atoms. The van der Waals surface area contributed by atoms with Crippen LogP contribution in [0.3, 0.4) is 0 Å². The molecule has 2 atom stereocenters. The fourth-order valence-electron chi connectivity index (χ4n) is 3.63. The van der Waals surface area contributed by atoms with Gasteiger partial charge in [-0.15, -0.1) is 0 Å². The zero-order valence-electron chi connectivity index (χ0n) is 22.7. The van der Waals surface area contributed by atoms with Gasteiger partial charge in [-0.05, 0) is 50.5 Å². The fourth-order valence-corrected chi connectivity index (χ4v) is 3.63. The first kappa shape index (κ1) is 29.5. The second-order valence-electron chi connectivity index (χ2n) is 9.56. The summed E-state index contributed by atoms with van der Waals surface area (Å²) in [5, 5.41) is 2.73. The third kappa shape index (κ3) is 9.00. The predicted octanol–water partition coefficient (Wildman–Crippen LogP) is 4.12. The molecule has 0 fully saturated rings. The van der Waals surface area contributed by atoms with Crippen molar-refractivity contribution in [3.8, 4) is 11.5 Å². The van der Waals surface area contributed by atoms with E-state index < -0.39 is 35.7 Å². The van der Waals surface area contributed by atoms with Gasteiger partial charge in [-0.25, -0.2) is 9.59 Å². The number of carbonyl (C=O) groups excluding carboxylic acids is 3. The van der Waals surface area contributed by atoms with E-state index in [2.05, 4.69) is 5.32 Å². The lowest BCUT2D eigenvalue weighted by Crippen LogP contribution is -2.53. The summed E-state index contributed by atoms with van der Waals surface area (Å²) in [5.41, 5.74) is 1.04. The number of amides is 2. The highest BCUT2D eigenvalue weighted by molar-refractivity contribution is 5.89. The molecule has 0 radical (unpaired) electrons. The van der Waals surface area contributed by atoms with Gasteiger partial charge in [0, 0.05) is 13.5 Å². The highest BCUT2D eigenvalue weighted by Crippen LogP contribution is 2.29. The van der Waals surface area contributed by atoms with Crippen LogP contribution in [0.4, 0.5) is 4.79 Å². The number of nitrogens with one attached hydrogen (secondary N) is 1. The van der Waals surface area contributed by atoms with Crippen molar-refractivity contribution >= 4 is 18.0 Å². The highest BCUT2D eigenvalue weighted by atomic mass is 16.6. The maximum atomic E-state index is 13.1. The number of methoxy groups -OCH3 is 2. The Hall–Kier alpha value is -3.75. The normalized spacial score (nSPS) is 12.6. The molecule has 0 aliphatic rings. The minimum atomic E-state index is -0.973. The number of likely N-dealkylation sites (N-methyl/N-ethyl adjacent to an activating group) is 1. The molecule has 0 heterocycles. The van der Waals surface area contributed by atoms with Gasteiger partial charge >= 0.3 is 12.1 Å². The van der Waals surface area contributed by atoms with Crippen LogP contribution in [0.1, 0.15) is 45.2 Å². The summed E-state index contributed by atoms with van der Waals surface area (Å²) in [4.78, 5) is 39.3. The third-order valence-electron chi connectivity index (χ3n) is 5.55. The topological polar surface area (TPSA) is 103 Å². The SMILES string of the molecule is CC[C@@H](C(=O)N[C@@H](Cc1ccc(OCc2ccccc2)c(OC)c1)C(=O)OC)N(C)C(=O)OC(C)(C)C. The summed E-state index contributed by atoms with van der Waals surface area (Å²) in [6.07, 6.45) is -0.142. The first-order valence-electron chi connectivity index (χ1n) is 12.2. The molecule has 2 amide bonds. The molecule has 0 aliphatic heterocycles.